The molecule has 148 valence electrons. The number of aromatic nitrogens is 2. The van der Waals surface area contributed by atoms with E-state index in [4.69, 9.17) is 0 Å². The molecule has 0 bridgehead atoms. The summed E-state index contributed by atoms with van der Waals surface area (Å²) in [5.41, 5.74) is 0.768. The standard InChI is InChI=1S/C20H19N5O4/c1-12(26)23-7-6-13-8-15(2-5-17(13)23)22-18(27)11-25-19(28)14(9-21)10-24(20(25)29)16-3-4-16/h2,5,8,10,16H,3-4,6-7,11H2,1H3,(H,22,27). The number of benzene rings is 1. The van der Waals surface area contributed by atoms with E-state index in [-0.39, 0.29) is 17.5 Å². The number of nitrogens with zero attached hydrogens (tertiary/aromatic N) is 4. The quantitative estimate of drug-likeness (QED) is 0.823. The molecular formula is C20H19N5O4. The van der Waals surface area contributed by atoms with E-state index in [0.717, 1.165) is 28.7 Å². The lowest BCUT2D eigenvalue weighted by Crippen LogP contribution is -2.43. The van der Waals surface area contributed by atoms with Crippen molar-refractivity contribution in [1.82, 2.24) is 9.13 Å². The summed E-state index contributed by atoms with van der Waals surface area (Å²) >= 11 is 0. The van der Waals surface area contributed by atoms with Gasteiger partial charge in [-0.1, -0.05) is 0 Å². The smallest absolute Gasteiger partial charge is 0.325 e. The Morgan fingerprint density at radius 3 is 2.69 bits per heavy atom. The second-order valence-corrected chi connectivity index (χ2v) is 7.28. The summed E-state index contributed by atoms with van der Waals surface area (Å²) in [6.45, 7) is 1.63. The van der Waals surface area contributed by atoms with E-state index in [1.165, 1.54) is 17.7 Å². The van der Waals surface area contributed by atoms with Gasteiger partial charge in [0.15, 0.2) is 0 Å². The van der Waals surface area contributed by atoms with Crippen LogP contribution in [-0.2, 0) is 22.6 Å². The summed E-state index contributed by atoms with van der Waals surface area (Å²) < 4.78 is 2.16. The number of carbonyl (C=O) groups is 2. The third-order valence-corrected chi connectivity index (χ3v) is 5.20. The molecule has 1 N–H and O–H groups in total. The fraction of sp³-hybridized carbons (Fsp3) is 0.350. The normalized spacial score (nSPS) is 15.0. The molecule has 2 heterocycles. The van der Waals surface area contributed by atoms with E-state index in [9.17, 15) is 24.4 Å². The van der Waals surface area contributed by atoms with E-state index in [0.29, 0.717) is 18.7 Å². The van der Waals surface area contributed by atoms with Gasteiger partial charge in [0, 0.05) is 37.1 Å². The minimum atomic E-state index is -0.768. The van der Waals surface area contributed by atoms with Crippen LogP contribution in [-0.4, -0.2) is 27.5 Å². The lowest BCUT2D eigenvalue weighted by Gasteiger charge is -2.15. The topological polar surface area (TPSA) is 117 Å². The fourth-order valence-corrected chi connectivity index (χ4v) is 3.60. The molecule has 1 fully saturated rings. The Bertz CT molecular complexity index is 1180. The predicted molar refractivity (Wildman–Crippen MR) is 105 cm³/mol. The Morgan fingerprint density at radius 1 is 1.28 bits per heavy atom. The molecule has 4 rings (SSSR count). The van der Waals surface area contributed by atoms with E-state index in [1.54, 1.807) is 29.2 Å². The summed E-state index contributed by atoms with van der Waals surface area (Å²) in [7, 11) is 0. The van der Waals surface area contributed by atoms with Gasteiger partial charge < -0.3 is 10.2 Å². The third-order valence-electron chi connectivity index (χ3n) is 5.20. The lowest BCUT2D eigenvalue weighted by molar-refractivity contribution is -0.117. The fourth-order valence-electron chi connectivity index (χ4n) is 3.60. The van der Waals surface area contributed by atoms with Crippen LogP contribution in [0, 0.1) is 11.3 Å². The molecule has 0 unspecified atom stereocenters. The van der Waals surface area contributed by atoms with Gasteiger partial charge in [-0.2, -0.15) is 5.26 Å². The zero-order valence-corrected chi connectivity index (χ0v) is 15.8. The van der Waals surface area contributed by atoms with Crippen LogP contribution in [0.25, 0.3) is 0 Å². The molecule has 2 aliphatic rings. The van der Waals surface area contributed by atoms with Gasteiger partial charge in [-0.15, -0.1) is 0 Å². The minimum absolute atomic E-state index is 0.0227. The van der Waals surface area contributed by atoms with Gasteiger partial charge in [-0.3, -0.25) is 19.0 Å². The number of carbonyl (C=O) groups excluding carboxylic acids is 2. The summed E-state index contributed by atoms with van der Waals surface area (Å²) in [5, 5.41) is 11.9. The van der Waals surface area contributed by atoms with Crippen molar-refractivity contribution in [2.45, 2.75) is 38.8 Å². The molecule has 0 saturated heterocycles. The summed E-state index contributed by atoms with van der Waals surface area (Å²) in [4.78, 5) is 50.8. The number of hydrogen-bond acceptors (Lipinski definition) is 5. The van der Waals surface area contributed by atoms with E-state index < -0.39 is 23.7 Å². The van der Waals surface area contributed by atoms with Crippen LogP contribution in [0.2, 0.25) is 0 Å². The van der Waals surface area contributed by atoms with Crippen molar-refractivity contribution in [3.8, 4) is 6.07 Å². The van der Waals surface area contributed by atoms with Crippen LogP contribution in [0.15, 0.2) is 34.0 Å². The van der Waals surface area contributed by atoms with Crippen LogP contribution in [0.1, 0.15) is 36.9 Å². The molecule has 29 heavy (non-hydrogen) atoms. The van der Waals surface area contributed by atoms with Crippen molar-refractivity contribution < 1.29 is 9.59 Å². The summed E-state index contributed by atoms with van der Waals surface area (Å²) in [6, 6.07) is 7.00. The van der Waals surface area contributed by atoms with Crippen LogP contribution in [0.5, 0.6) is 0 Å². The van der Waals surface area contributed by atoms with Crippen molar-refractivity contribution in [2.24, 2.45) is 0 Å². The molecule has 0 atom stereocenters. The Hall–Kier alpha value is -3.67. The van der Waals surface area contributed by atoms with Crippen molar-refractivity contribution in [1.29, 1.82) is 5.26 Å². The Morgan fingerprint density at radius 2 is 2.03 bits per heavy atom. The van der Waals surface area contributed by atoms with E-state index in [2.05, 4.69) is 5.32 Å². The molecule has 9 heteroatoms. The van der Waals surface area contributed by atoms with Crippen LogP contribution in [0.3, 0.4) is 0 Å². The average Bonchev–Trinajstić information content (AvgIpc) is 3.43. The largest absolute Gasteiger partial charge is 0.331 e. The number of nitrogens with one attached hydrogen (secondary N) is 1. The molecule has 1 aromatic carbocycles. The Balaban J connectivity index is 1.56. The molecule has 1 saturated carbocycles. The van der Waals surface area contributed by atoms with Gasteiger partial charge in [0.05, 0.1) is 0 Å². The van der Waals surface area contributed by atoms with Gasteiger partial charge in [-0.25, -0.2) is 9.36 Å². The second-order valence-electron chi connectivity index (χ2n) is 7.28. The maximum Gasteiger partial charge on any atom is 0.331 e. The van der Waals surface area contributed by atoms with Gasteiger partial charge in [-0.05, 0) is 43.0 Å². The third kappa shape index (κ3) is 3.45. The van der Waals surface area contributed by atoms with Crippen LogP contribution in [0.4, 0.5) is 11.4 Å². The van der Waals surface area contributed by atoms with E-state index >= 15 is 0 Å². The Labute approximate surface area is 165 Å². The number of hydrogen-bond donors (Lipinski definition) is 1. The van der Waals surface area contributed by atoms with Crippen molar-refractivity contribution >= 4 is 23.2 Å². The molecule has 9 nitrogen and oxygen atoms in total. The number of nitriles is 1. The molecule has 0 radical (unpaired) electrons. The molecule has 0 spiro atoms. The highest BCUT2D eigenvalue weighted by Gasteiger charge is 2.27. The van der Waals surface area contributed by atoms with Gasteiger partial charge in [0.2, 0.25) is 11.8 Å². The first-order chi connectivity index (χ1) is 13.9. The zero-order chi connectivity index (χ0) is 20.7. The molecule has 1 aliphatic carbocycles. The summed E-state index contributed by atoms with van der Waals surface area (Å²) in [6.07, 6.45) is 3.58. The zero-order valence-electron chi connectivity index (χ0n) is 15.8. The number of fused-ring (bicyclic) bond motifs is 1. The van der Waals surface area contributed by atoms with Gasteiger partial charge >= 0.3 is 5.69 Å². The highest BCUT2D eigenvalue weighted by atomic mass is 16.2. The number of anilines is 2. The SMILES string of the molecule is CC(=O)N1CCc2cc(NC(=O)Cn3c(=O)c(C#N)cn(C4CC4)c3=O)ccc21. The first-order valence-electron chi connectivity index (χ1n) is 9.36. The summed E-state index contributed by atoms with van der Waals surface area (Å²) in [5.74, 6) is -0.577. The van der Waals surface area contributed by atoms with Gasteiger partial charge in [0.1, 0.15) is 18.2 Å². The van der Waals surface area contributed by atoms with E-state index in [1.807, 2.05) is 0 Å². The van der Waals surface area contributed by atoms with Crippen LogP contribution >= 0.6 is 0 Å². The minimum Gasteiger partial charge on any atom is -0.325 e. The van der Waals surface area contributed by atoms with Gasteiger partial charge in [0.25, 0.3) is 5.56 Å². The van der Waals surface area contributed by atoms with Crippen molar-refractivity contribution in [3.05, 3.63) is 56.4 Å². The monoisotopic (exact) mass is 393 g/mol. The molecule has 1 aromatic heterocycles. The second kappa shape index (κ2) is 7.05. The Kier molecular flexibility index (Phi) is 4.54. The molecular weight excluding hydrogens is 374 g/mol. The predicted octanol–water partition coefficient (Wildman–Crippen LogP) is 0.764. The first-order valence-corrected chi connectivity index (χ1v) is 9.36. The maximum absolute atomic E-state index is 12.6. The van der Waals surface area contributed by atoms with Crippen molar-refractivity contribution in [2.75, 3.05) is 16.8 Å². The first kappa shape index (κ1) is 18.7. The maximum atomic E-state index is 12.6. The number of rotatable bonds is 4. The molecule has 2 amide bonds. The van der Waals surface area contributed by atoms with Crippen LogP contribution < -0.4 is 21.5 Å². The molecule has 1 aliphatic heterocycles. The lowest BCUT2D eigenvalue weighted by atomic mass is 10.1. The number of amides is 2. The highest BCUT2D eigenvalue weighted by molar-refractivity contribution is 5.95. The molecule has 2 aromatic rings. The highest BCUT2D eigenvalue weighted by Crippen LogP contribution is 2.33. The average molecular weight is 393 g/mol. The van der Waals surface area contributed by atoms with Crippen molar-refractivity contribution in [3.63, 3.8) is 0 Å².